The van der Waals surface area contributed by atoms with Gasteiger partial charge in [0.2, 0.25) is 0 Å². The van der Waals surface area contributed by atoms with E-state index in [1.165, 1.54) is 6.07 Å². The van der Waals surface area contributed by atoms with E-state index in [1.807, 2.05) is 0 Å². The maximum atomic E-state index is 14.0. The van der Waals surface area contributed by atoms with Gasteiger partial charge in [0.05, 0.1) is 22.2 Å². The van der Waals surface area contributed by atoms with Crippen molar-refractivity contribution in [2.75, 3.05) is 5.32 Å². The number of hydrogen-bond donors (Lipinski definition) is 1. The van der Waals surface area contributed by atoms with Gasteiger partial charge < -0.3 is 5.32 Å². The van der Waals surface area contributed by atoms with Gasteiger partial charge in [-0.1, -0.05) is 36.4 Å². The fourth-order valence-corrected chi connectivity index (χ4v) is 2.64. The summed E-state index contributed by atoms with van der Waals surface area (Å²) in [6.45, 7) is 0. The molecule has 0 aliphatic heterocycles. The minimum absolute atomic E-state index is 0.214. The zero-order chi connectivity index (χ0) is 19.4. The molecule has 3 rings (SSSR count). The number of nitrogens with one attached hydrogen (secondary N) is 1. The highest BCUT2D eigenvalue weighted by atomic mass is 19.1. The Bertz CT molecular complexity index is 1090. The summed E-state index contributed by atoms with van der Waals surface area (Å²) in [4.78, 5) is 22.9. The van der Waals surface area contributed by atoms with Crippen LogP contribution in [0.4, 0.5) is 15.8 Å². The molecule has 3 aromatic rings. The fourth-order valence-electron chi connectivity index (χ4n) is 2.64. The number of benzene rings is 3. The summed E-state index contributed by atoms with van der Waals surface area (Å²) in [6.07, 6.45) is 0. The van der Waals surface area contributed by atoms with Crippen LogP contribution < -0.4 is 5.32 Å². The molecule has 0 aromatic heterocycles. The highest BCUT2D eigenvalue weighted by molar-refractivity contribution is 6.09. The fraction of sp³-hybridized carbons (Fsp3) is 0. The van der Waals surface area contributed by atoms with Crippen molar-refractivity contribution in [3.05, 3.63) is 93.8 Å². The van der Waals surface area contributed by atoms with Crippen molar-refractivity contribution in [2.45, 2.75) is 0 Å². The van der Waals surface area contributed by atoms with Crippen molar-refractivity contribution in [3.63, 3.8) is 0 Å². The van der Waals surface area contributed by atoms with Crippen LogP contribution in [0, 0.1) is 27.3 Å². The number of nitro benzene ring substituents is 1. The number of carbonyl (C=O) groups excluding carboxylic acids is 1. The van der Waals surface area contributed by atoms with Crippen molar-refractivity contribution in [1.82, 2.24) is 0 Å². The molecule has 0 bridgehead atoms. The molecule has 0 heterocycles. The van der Waals surface area contributed by atoms with Gasteiger partial charge in [-0.05, 0) is 23.8 Å². The number of nitriles is 1. The van der Waals surface area contributed by atoms with Crippen LogP contribution >= 0.6 is 0 Å². The van der Waals surface area contributed by atoms with Crippen molar-refractivity contribution >= 4 is 17.3 Å². The number of nitrogens with zero attached hydrogens (tertiary/aromatic N) is 2. The van der Waals surface area contributed by atoms with Crippen LogP contribution in [0.25, 0.3) is 11.1 Å². The van der Waals surface area contributed by atoms with Crippen molar-refractivity contribution in [1.29, 1.82) is 5.26 Å². The Hall–Kier alpha value is -4.05. The van der Waals surface area contributed by atoms with Crippen LogP contribution in [-0.4, -0.2) is 10.8 Å². The Balaban J connectivity index is 2.02. The van der Waals surface area contributed by atoms with Crippen LogP contribution in [-0.2, 0) is 0 Å². The second kappa shape index (κ2) is 7.45. The van der Waals surface area contributed by atoms with Crippen molar-refractivity contribution in [2.24, 2.45) is 0 Å². The van der Waals surface area contributed by atoms with Crippen LogP contribution in [0.2, 0.25) is 0 Å². The molecule has 1 amide bonds. The maximum absolute atomic E-state index is 14.0. The summed E-state index contributed by atoms with van der Waals surface area (Å²) < 4.78 is 14.0. The molecule has 0 spiro atoms. The summed E-state index contributed by atoms with van der Waals surface area (Å²) in [5, 5.41) is 22.5. The summed E-state index contributed by atoms with van der Waals surface area (Å²) in [5.74, 6) is -1.43. The van der Waals surface area contributed by atoms with E-state index in [2.05, 4.69) is 11.4 Å². The number of anilines is 1. The van der Waals surface area contributed by atoms with Crippen molar-refractivity contribution in [3.8, 4) is 17.2 Å². The second-order valence-corrected chi connectivity index (χ2v) is 5.58. The molecule has 7 heteroatoms. The molecule has 0 saturated carbocycles. The SMILES string of the molecule is N#Cc1ccccc1-c1ccccc1C(=O)Nc1cc([N+](=O)[O-])ccc1F. The third-order valence-electron chi connectivity index (χ3n) is 3.92. The number of amides is 1. The predicted octanol–water partition coefficient (Wildman–Crippen LogP) is 4.52. The topological polar surface area (TPSA) is 96.0 Å². The highest BCUT2D eigenvalue weighted by Gasteiger charge is 2.18. The van der Waals surface area contributed by atoms with Gasteiger partial charge in [-0.25, -0.2) is 4.39 Å². The number of rotatable bonds is 4. The Morgan fingerprint density at radius 1 is 1.04 bits per heavy atom. The molecule has 3 aromatic carbocycles. The van der Waals surface area contributed by atoms with E-state index in [0.29, 0.717) is 16.7 Å². The number of nitro groups is 1. The maximum Gasteiger partial charge on any atom is 0.271 e. The zero-order valence-corrected chi connectivity index (χ0v) is 13.8. The molecule has 0 fully saturated rings. The molecule has 0 aliphatic rings. The largest absolute Gasteiger partial charge is 0.319 e. The van der Waals surface area contributed by atoms with Gasteiger partial charge in [-0.3, -0.25) is 14.9 Å². The van der Waals surface area contributed by atoms with E-state index in [0.717, 1.165) is 18.2 Å². The first-order chi connectivity index (χ1) is 13.0. The van der Waals surface area contributed by atoms with Gasteiger partial charge in [0.25, 0.3) is 11.6 Å². The standard InChI is InChI=1S/C20H12FN3O3/c21-18-10-9-14(24(26)27)11-19(18)23-20(25)17-8-4-3-7-16(17)15-6-2-1-5-13(15)12-22/h1-11H,(H,23,25). The lowest BCUT2D eigenvalue weighted by atomic mass is 9.95. The Morgan fingerprint density at radius 3 is 2.41 bits per heavy atom. The van der Waals surface area contributed by atoms with E-state index in [9.17, 15) is 24.6 Å². The first-order valence-corrected chi connectivity index (χ1v) is 7.85. The number of halogens is 1. The van der Waals surface area contributed by atoms with Gasteiger partial charge >= 0.3 is 0 Å². The second-order valence-electron chi connectivity index (χ2n) is 5.58. The van der Waals surface area contributed by atoms with Gasteiger partial charge in [0, 0.05) is 23.3 Å². The van der Waals surface area contributed by atoms with Crippen LogP contribution in [0.3, 0.4) is 0 Å². The molecule has 1 N–H and O–H groups in total. The van der Waals surface area contributed by atoms with Gasteiger partial charge in [0.1, 0.15) is 5.82 Å². The Kier molecular flexibility index (Phi) is 4.90. The molecule has 27 heavy (non-hydrogen) atoms. The predicted molar refractivity (Wildman–Crippen MR) is 97.6 cm³/mol. The quantitative estimate of drug-likeness (QED) is 0.545. The van der Waals surface area contributed by atoms with Gasteiger partial charge in [-0.2, -0.15) is 5.26 Å². The van der Waals surface area contributed by atoms with E-state index >= 15 is 0 Å². The molecular formula is C20H12FN3O3. The highest BCUT2D eigenvalue weighted by Crippen LogP contribution is 2.28. The van der Waals surface area contributed by atoms with E-state index < -0.39 is 16.6 Å². The average Bonchev–Trinajstić information content (AvgIpc) is 2.69. The summed E-state index contributed by atoms with van der Waals surface area (Å²) in [5.41, 5.74) is 1.03. The first-order valence-electron chi connectivity index (χ1n) is 7.85. The number of hydrogen-bond acceptors (Lipinski definition) is 4. The molecule has 0 saturated heterocycles. The Morgan fingerprint density at radius 2 is 1.70 bits per heavy atom. The normalized spacial score (nSPS) is 10.1. The number of non-ortho nitro benzene ring substituents is 1. The van der Waals surface area contributed by atoms with Crippen LogP contribution in [0.1, 0.15) is 15.9 Å². The third kappa shape index (κ3) is 3.65. The Labute approximate surface area is 153 Å². The molecule has 6 nitrogen and oxygen atoms in total. The lowest BCUT2D eigenvalue weighted by Crippen LogP contribution is -2.14. The van der Waals surface area contributed by atoms with E-state index in [-0.39, 0.29) is 16.9 Å². The lowest BCUT2D eigenvalue weighted by Gasteiger charge is -2.12. The first kappa shape index (κ1) is 17.8. The summed E-state index contributed by atoms with van der Waals surface area (Å²) in [6, 6.07) is 18.3. The van der Waals surface area contributed by atoms with Gasteiger partial charge in [-0.15, -0.1) is 0 Å². The monoisotopic (exact) mass is 361 g/mol. The van der Waals surface area contributed by atoms with Crippen LogP contribution in [0.15, 0.2) is 66.7 Å². The third-order valence-corrected chi connectivity index (χ3v) is 3.92. The van der Waals surface area contributed by atoms with Gasteiger partial charge in [0.15, 0.2) is 0 Å². The zero-order valence-electron chi connectivity index (χ0n) is 13.8. The van der Waals surface area contributed by atoms with Crippen LogP contribution in [0.5, 0.6) is 0 Å². The van der Waals surface area contributed by atoms with E-state index in [1.54, 1.807) is 42.5 Å². The molecule has 0 unspecified atom stereocenters. The summed E-state index contributed by atoms with van der Waals surface area (Å²) >= 11 is 0. The number of carbonyl (C=O) groups is 1. The molecule has 0 aliphatic carbocycles. The lowest BCUT2D eigenvalue weighted by molar-refractivity contribution is -0.384. The molecular weight excluding hydrogens is 349 g/mol. The molecule has 132 valence electrons. The molecule has 0 atom stereocenters. The minimum atomic E-state index is -0.788. The molecule has 0 radical (unpaired) electrons. The average molecular weight is 361 g/mol. The summed E-state index contributed by atoms with van der Waals surface area (Å²) in [7, 11) is 0. The van der Waals surface area contributed by atoms with Crippen molar-refractivity contribution < 1.29 is 14.1 Å². The minimum Gasteiger partial charge on any atom is -0.319 e. The van der Waals surface area contributed by atoms with E-state index in [4.69, 9.17) is 0 Å². The smallest absolute Gasteiger partial charge is 0.271 e.